The third-order valence-electron chi connectivity index (χ3n) is 6.83. The molecule has 190 valence electrons. The van der Waals surface area contributed by atoms with Crippen molar-refractivity contribution in [3.8, 4) is 28.2 Å². The second kappa shape index (κ2) is 10.5. The number of para-hydroxylation sites is 1. The van der Waals surface area contributed by atoms with E-state index >= 15 is 0 Å². The Labute approximate surface area is 217 Å². The molecule has 0 bridgehead atoms. The van der Waals surface area contributed by atoms with E-state index in [1.165, 1.54) is 0 Å². The molecule has 5 rings (SSSR count). The van der Waals surface area contributed by atoms with Crippen LogP contribution < -0.4 is 10.1 Å². The average molecular weight is 497 g/mol. The van der Waals surface area contributed by atoms with Crippen LogP contribution in [0.1, 0.15) is 37.9 Å². The van der Waals surface area contributed by atoms with E-state index < -0.39 is 5.41 Å². The number of carbonyl (C=O) groups is 1. The fourth-order valence-corrected chi connectivity index (χ4v) is 4.56. The van der Waals surface area contributed by atoms with E-state index in [1.807, 2.05) is 68.4 Å². The summed E-state index contributed by atoms with van der Waals surface area (Å²) in [4.78, 5) is 12.4. The lowest BCUT2D eigenvalue weighted by Gasteiger charge is -2.16. The van der Waals surface area contributed by atoms with E-state index in [9.17, 15) is 4.79 Å². The molecule has 1 aromatic heterocycles. The lowest BCUT2D eigenvalue weighted by Crippen LogP contribution is -2.23. The number of benzene rings is 3. The Hall–Kier alpha value is -4.06. The smallest absolute Gasteiger partial charge is 0.316 e. The summed E-state index contributed by atoms with van der Waals surface area (Å²) < 4.78 is 16.9. The maximum atomic E-state index is 12.4. The first-order valence-electron chi connectivity index (χ1n) is 12.8. The zero-order chi connectivity index (χ0) is 25.8. The van der Waals surface area contributed by atoms with Crippen molar-refractivity contribution < 1.29 is 18.8 Å². The molecule has 0 amide bonds. The summed E-state index contributed by atoms with van der Waals surface area (Å²) in [5.41, 5.74) is 5.38. The van der Waals surface area contributed by atoms with Gasteiger partial charge in [-0.25, -0.2) is 0 Å². The molecular weight excluding hydrogens is 464 g/mol. The lowest BCUT2D eigenvalue weighted by atomic mass is 9.93. The summed E-state index contributed by atoms with van der Waals surface area (Å²) in [6.45, 7) is 6.77. The van der Waals surface area contributed by atoms with Gasteiger partial charge in [0.1, 0.15) is 23.7 Å². The number of hydrogen-bond acceptors (Lipinski definition) is 6. The highest BCUT2D eigenvalue weighted by Crippen LogP contribution is 2.49. The topological polar surface area (TPSA) is 73.6 Å². The minimum absolute atomic E-state index is 0.0548. The van der Waals surface area contributed by atoms with Crippen molar-refractivity contribution >= 4 is 11.7 Å². The van der Waals surface area contributed by atoms with Crippen molar-refractivity contribution in [2.45, 2.75) is 45.1 Å². The van der Waals surface area contributed by atoms with Gasteiger partial charge in [0.2, 0.25) is 0 Å². The van der Waals surface area contributed by atoms with Gasteiger partial charge in [-0.15, -0.1) is 0 Å². The standard InChI is InChI=1S/C31H32N2O4/c1-4-35-30(34)31(18-19-31)26-16-14-24(15-17-26)23-10-12-25(13-11-23)29-28(22(3)33-37-29)32-21(2)20-36-27-8-6-5-7-9-27/h5-17,21,32H,4,18-20H2,1-3H3. The van der Waals surface area contributed by atoms with Crippen molar-refractivity contribution in [2.75, 3.05) is 18.5 Å². The lowest BCUT2D eigenvalue weighted by molar-refractivity contribution is -0.146. The third kappa shape index (κ3) is 5.24. The summed E-state index contributed by atoms with van der Waals surface area (Å²) in [7, 11) is 0. The van der Waals surface area contributed by atoms with Crippen molar-refractivity contribution in [3.63, 3.8) is 0 Å². The Balaban J connectivity index is 1.27. The SMILES string of the molecule is CCOC(=O)C1(c2ccc(-c3ccc(-c4onc(C)c4NC(C)COc4ccccc4)cc3)cc2)CC1. The number of anilines is 1. The van der Waals surface area contributed by atoms with Gasteiger partial charge in [-0.2, -0.15) is 0 Å². The van der Waals surface area contributed by atoms with E-state index in [0.29, 0.717) is 19.0 Å². The highest BCUT2D eigenvalue weighted by molar-refractivity contribution is 5.87. The monoisotopic (exact) mass is 496 g/mol. The van der Waals surface area contributed by atoms with E-state index in [4.69, 9.17) is 14.0 Å². The Morgan fingerprint density at radius 2 is 1.59 bits per heavy atom. The highest BCUT2D eigenvalue weighted by Gasteiger charge is 2.52. The molecule has 3 aromatic carbocycles. The van der Waals surface area contributed by atoms with Crippen LogP contribution in [0.5, 0.6) is 5.75 Å². The summed E-state index contributed by atoms with van der Waals surface area (Å²) in [6.07, 6.45) is 1.70. The predicted molar refractivity (Wildman–Crippen MR) is 145 cm³/mol. The molecule has 1 saturated carbocycles. The second-order valence-electron chi connectivity index (χ2n) is 9.60. The van der Waals surface area contributed by atoms with Gasteiger partial charge in [0.25, 0.3) is 0 Å². The molecule has 1 N–H and O–H groups in total. The summed E-state index contributed by atoms with van der Waals surface area (Å²) in [5, 5.41) is 7.69. The average Bonchev–Trinajstić information content (AvgIpc) is 3.67. The number of rotatable bonds is 10. The van der Waals surface area contributed by atoms with Gasteiger partial charge in [0.05, 0.1) is 18.1 Å². The van der Waals surface area contributed by atoms with Crippen molar-refractivity contribution in [1.29, 1.82) is 0 Å². The number of ether oxygens (including phenoxy) is 2. The first-order valence-corrected chi connectivity index (χ1v) is 12.8. The summed E-state index contributed by atoms with van der Waals surface area (Å²) in [5.74, 6) is 1.44. The summed E-state index contributed by atoms with van der Waals surface area (Å²) >= 11 is 0. The molecule has 0 spiro atoms. The van der Waals surface area contributed by atoms with Gasteiger partial charge in [0, 0.05) is 5.56 Å². The molecule has 1 aliphatic rings. The molecule has 1 unspecified atom stereocenters. The molecular formula is C31H32N2O4. The van der Waals surface area contributed by atoms with Crippen LogP contribution in [0, 0.1) is 6.92 Å². The molecule has 1 fully saturated rings. The molecule has 1 aliphatic carbocycles. The minimum atomic E-state index is -0.449. The fraction of sp³-hybridized carbons (Fsp3) is 0.290. The van der Waals surface area contributed by atoms with E-state index in [-0.39, 0.29) is 12.0 Å². The number of nitrogens with zero attached hydrogens (tertiary/aromatic N) is 1. The van der Waals surface area contributed by atoms with Crippen LogP contribution in [-0.2, 0) is 14.9 Å². The van der Waals surface area contributed by atoms with Crippen LogP contribution >= 0.6 is 0 Å². The first-order chi connectivity index (χ1) is 18.0. The molecule has 6 heteroatoms. The van der Waals surface area contributed by atoms with Crippen LogP contribution in [0.3, 0.4) is 0 Å². The largest absolute Gasteiger partial charge is 0.491 e. The number of hydrogen-bond donors (Lipinski definition) is 1. The normalized spacial score (nSPS) is 14.6. The van der Waals surface area contributed by atoms with Gasteiger partial charge in [-0.1, -0.05) is 71.9 Å². The van der Waals surface area contributed by atoms with Crippen LogP contribution in [0.25, 0.3) is 22.5 Å². The van der Waals surface area contributed by atoms with Gasteiger partial charge in [-0.05, 0) is 62.4 Å². The molecule has 0 saturated heterocycles. The zero-order valence-electron chi connectivity index (χ0n) is 21.5. The van der Waals surface area contributed by atoms with Crippen LogP contribution in [0.15, 0.2) is 83.4 Å². The molecule has 0 radical (unpaired) electrons. The van der Waals surface area contributed by atoms with Crippen molar-refractivity contribution in [1.82, 2.24) is 5.16 Å². The number of nitrogens with one attached hydrogen (secondary N) is 1. The predicted octanol–water partition coefficient (Wildman–Crippen LogP) is 6.79. The van der Waals surface area contributed by atoms with Crippen molar-refractivity contribution in [3.05, 3.63) is 90.1 Å². The number of aryl methyl sites for hydroxylation is 1. The maximum absolute atomic E-state index is 12.4. The van der Waals surface area contributed by atoms with Crippen molar-refractivity contribution in [2.24, 2.45) is 0 Å². The maximum Gasteiger partial charge on any atom is 0.316 e. The minimum Gasteiger partial charge on any atom is -0.491 e. The van der Waals surface area contributed by atoms with Crippen LogP contribution in [0.2, 0.25) is 0 Å². The second-order valence-corrected chi connectivity index (χ2v) is 9.60. The summed E-state index contributed by atoms with van der Waals surface area (Å²) in [6, 6.07) is 26.3. The molecule has 1 heterocycles. The molecule has 1 atom stereocenters. The van der Waals surface area contributed by atoms with Gasteiger partial charge in [0.15, 0.2) is 5.76 Å². The fourth-order valence-electron chi connectivity index (χ4n) is 4.56. The van der Waals surface area contributed by atoms with E-state index in [1.54, 1.807) is 0 Å². The highest BCUT2D eigenvalue weighted by atomic mass is 16.5. The van der Waals surface area contributed by atoms with Gasteiger partial charge in [-0.3, -0.25) is 4.79 Å². The first kappa shape index (κ1) is 24.6. The molecule has 4 aromatic rings. The number of aromatic nitrogens is 1. The Bertz CT molecular complexity index is 1340. The molecule has 0 aliphatic heterocycles. The molecule has 37 heavy (non-hydrogen) atoms. The zero-order valence-corrected chi connectivity index (χ0v) is 21.5. The Morgan fingerprint density at radius 1 is 0.973 bits per heavy atom. The Morgan fingerprint density at radius 3 is 2.22 bits per heavy atom. The van der Waals surface area contributed by atoms with Gasteiger partial charge < -0.3 is 19.3 Å². The number of esters is 1. The van der Waals surface area contributed by atoms with E-state index in [0.717, 1.165) is 52.2 Å². The van der Waals surface area contributed by atoms with Gasteiger partial charge >= 0.3 is 5.97 Å². The molecule has 6 nitrogen and oxygen atoms in total. The third-order valence-corrected chi connectivity index (χ3v) is 6.83. The Kier molecular flexibility index (Phi) is 6.99. The van der Waals surface area contributed by atoms with Crippen LogP contribution in [0.4, 0.5) is 5.69 Å². The number of carbonyl (C=O) groups excluding carboxylic acids is 1. The van der Waals surface area contributed by atoms with E-state index in [2.05, 4.69) is 41.7 Å². The quantitative estimate of drug-likeness (QED) is 0.244. The van der Waals surface area contributed by atoms with Crippen LogP contribution in [-0.4, -0.2) is 30.4 Å².